The number of aromatic nitrogens is 5. The number of aryl methyl sites for hydroxylation is 1. The number of hydrogen-bond acceptors (Lipinski definition) is 7. The number of carbonyl (C=O) groups excluding carboxylic acids is 1. The minimum absolute atomic E-state index is 0.121. The van der Waals surface area contributed by atoms with Crippen molar-refractivity contribution in [3.05, 3.63) is 64.8 Å². The molecule has 4 aromatic rings. The first kappa shape index (κ1) is 17.0. The van der Waals surface area contributed by atoms with Gasteiger partial charge in [0.1, 0.15) is 10.8 Å². The van der Waals surface area contributed by atoms with Crippen LogP contribution in [0.1, 0.15) is 21.1 Å². The molecular weight excluding hydrogens is 371 g/mol. The summed E-state index contributed by atoms with van der Waals surface area (Å²) in [7, 11) is 0. The van der Waals surface area contributed by atoms with Crippen molar-refractivity contribution in [3.8, 4) is 10.8 Å². The molecule has 0 bridgehead atoms. The van der Waals surface area contributed by atoms with Crippen LogP contribution < -0.4 is 5.32 Å². The number of rotatable bonds is 5. The smallest absolute Gasteiger partial charge is 0.277 e. The van der Waals surface area contributed by atoms with Crippen molar-refractivity contribution in [2.24, 2.45) is 0 Å². The Bertz CT molecular complexity index is 1100. The van der Waals surface area contributed by atoms with Crippen molar-refractivity contribution < 1.29 is 13.7 Å². The number of halogens is 1. The first-order valence-electron chi connectivity index (χ1n) is 7.92. The van der Waals surface area contributed by atoms with Crippen LogP contribution in [0.25, 0.3) is 10.8 Å². The van der Waals surface area contributed by atoms with Gasteiger partial charge in [0.2, 0.25) is 0 Å². The molecule has 0 saturated heterocycles. The van der Waals surface area contributed by atoms with Crippen molar-refractivity contribution in [1.29, 1.82) is 0 Å². The van der Waals surface area contributed by atoms with Gasteiger partial charge in [-0.1, -0.05) is 28.6 Å². The maximum Gasteiger partial charge on any atom is 0.277 e. The predicted molar refractivity (Wildman–Crippen MR) is 95.8 cm³/mol. The number of nitrogens with zero attached hydrogens (tertiary/aromatic N) is 5. The number of anilines is 1. The summed E-state index contributed by atoms with van der Waals surface area (Å²) in [4.78, 5) is 12.3. The molecule has 0 spiro atoms. The molecule has 1 amide bonds. The van der Waals surface area contributed by atoms with E-state index in [4.69, 9.17) is 4.52 Å². The van der Waals surface area contributed by atoms with Crippen molar-refractivity contribution in [3.63, 3.8) is 0 Å². The molecule has 0 atom stereocenters. The highest BCUT2D eigenvalue weighted by molar-refractivity contribution is 7.14. The zero-order valence-corrected chi connectivity index (χ0v) is 14.9. The van der Waals surface area contributed by atoms with E-state index < -0.39 is 5.91 Å². The lowest BCUT2D eigenvalue weighted by atomic mass is 10.2. The molecular formula is C17H13FN6O2S. The number of carbonyl (C=O) groups is 1. The Labute approximate surface area is 156 Å². The lowest BCUT2D eigenvalue weighted by molar-refractivity contribution is 0.101. The van der Waals surface area contributed by atoms with E-state index in [2.05, 4.69) is 25.8 Å². The summed E-state index contributed by atoms with van der Waals surface area (Å²) < 4.78 is 20.0. The Balaban J connectivity index is 1.43. The fourth-order valence-corrected chi connectivity index (χ4v) is 3.05. The molecule has 0 unspecified atom stereocenters. The molecule has 27 heavy (non-hydrogen) atoms. The summed E-state index contributed by atoms with van der Waals surface area (Å²) in [5.41, 5.74) is 1.38. The molecule has 0 radical (unpaired) electrons. The van der Waals surface area contributed by atoms with Crippen LogP contribution in [-0.4, -0.2) is 31.0 Å². The Kier molecular flexibility index (Phi) is 4.47. The van der Waals surface area contributed by atoms with Crippen LogP contribution in [0.2, 0.25) is 0 Å². The average Bonchev–Trinajstić information content (AvgIpc) is 3.36. The van der Waals surface area contributed by atoms with Gasteiger partial charge in [-0.05, 0) is 24.6 Å². The molecule has 0 aliphatic rings. The molecule has 3 heterocycles. The predicted octanol–water partition coefficient (Wildman–Crippen LogP) is 3.14. The van der Waals surface area contributed by atoms with E-state index in [9.17, 15) is 9.18 Å². The number of benzene rings is 1. The van der Waals surface area contributed by atoms with Crippen LogP contribution in [0, 0.1) is 12.7 Å². The van der Waals surface area contributed by atoms with E-state index in [1.54, 1.807) is 23.0 Å². The molecule has 1 N–H and O–H groups in total. The molecule has 10 heteroatoms. The van der Waals surface area contributed by atoms with Gasteiger partial charge in [-0.3, -0.25) is 9.48 Å². The molecule has 4 rings (SSSR count). The van der Waals surface area contributed by atoms with Gasteiger partial charge in [0, 0.05) is 12.3 Å². The first-order valence-corrected chi connectivity index (χ1v) is 8.74. The maximum atomic E-state index is 13.3. The quantitative estimate of drug-likeness (QED) is 0.568. The molecule has 3 aromatic heterocycles. The number of amides is 1. The highest BCUT2D eigenvalue weighted by Gasteiger charge is 2.17. The second-order valence-corrected chi connectivity index (χ2v) is 6.89. The van der Waals surface area contributed by atoms with Crippen LogP contribution in [0.4, 0.5) is 10.1 Å². The highest BCUT2D eigenvalue weighted by atomic mass is 32.1. The van der Waals surface area contributed by atoms with E-state index in [0.717, 1.165) is 10.6 Å². The SMILES string of the molecule is Cc1nnc(-c2cc(C(=O)Nc3cnn(Cc4cccc(F)c4)c3)no2)s1. The van der Waals surface area contributed by atoms with E-state index >= 15 is 0 Å². The van der Waals surface area contributed by atoms with Crippen LogP contribution in [-0.2, 0) is 6.54 Å². The van der Waals surface area contributed by atoms with Gasteiger partial charge in [-0.25, -0.2) is 4.39 Å². The molecule has 0 aliphatic carbocycles. The van der Waals surface area contributed by atoms with Gasteiger partial charge in [0.25, 0.3) is 5.91 Å². The van der Waals surface area contributed by atoms with Gasteiger partial charge < -0.3 is 9.84 Å². The average molecular weight is 384 g/mol. The zero-order chi connectivity index (χ0) is 18.8. The third-order valence-electron chi connectivity index (χ3n) is 3.60. The van der Waals surface area contributed by atoms with E-state index in [-0.39, 0.29) is 11.5 Å². The van der Waals surface area contributed by atoms with Crippen LogP contribution >= 0.6 is 11.3 Å². The Hall–Kier alpha value is -3.40. The Morgan fingerprint density at radius 3 is 3.00 bits per heavy atom. The second-order valence-electron chi connectivity index (χ2n) is 5.71. The van der Waals surface area contributed by atoms with E-state index in [1.165, 1.54) is 35.7 Å². The fraction of sp³-hybridized carbons (Fsp3) is 0.118. The lowest BCUT2D eigenvalue weighted by Crippen LogP contribution is -2.11. The van der Waals surface area contributed by atoms with Gasteiger partial charge >= 0.3 is 0 Å². The summed E-state index contributed by atoms with van der Waals surface area (Å²) in [5, 5.41) is 19.8. The first-order chi connectivity index (χ1) is 13.1. The summed E-state index contributed by atoms with van der Waals surface area (Å²) >= 11 is 1.35. The Morgan fingerprint density at radius 1 is 1.33 bits per heavy atom. The van der Waals surface area contributed by atoms with E-state index in [0.29, 0.717) is 23.0 Å². The maximum absolute atomic E-state index is 13.3. The topological polar surface area (TPSA) is 98.7 Å². The number of nitrogens with one attached hydrogen (secondary N) is 1. The van der Waals surface area contributed by atoms with Gasteiger partial charge in [0.15, 0.2) is 16.5 Å². The van der Waals surface area contributed by atoms with Gasteiger partial charge in [-0.15, -0.1) is 10.2 Å². The highest BCUT2D eigenvalue weighted by Crippen LogP contribution is 2.24. The standard InChI is InChI=1S/C17H13FN6O2S/c1-10-21-22-17(27-10)15-6-14(23-26-15)16(25)20-13-7-19-24(9-13)8-11-3-2-4-12(18)5-11/h2-7,9H,8H2,1H3,(H,20,25). The van der Waals surface area contributed by atoms with Crippen LogP contribution in [0.15, 0.2) is 47.2 Å². The summed E-state index contributed by atoms with van der Waals surface area (Å²) in [6.07, 6.45) is 3.16. The summed E-state index contributed by atoms with van der Waals surface area (Å²) in [5.74, 6) is -0.357. The molecule has 1 aromatic carbocycles. The normalized spacial score (nSPS) is 10.9. The molecule has 0 aliphatic heterocycles. The van der Waals surface area contributed by atoms with Crippen LogP contribution in [0.5, 0.6) is 0 Å². The van der Waals surface area contributed by atoms with Crippen molar-refractivity contribution in [2.75, 3.05) is 5.32 Å². The van der Waals surface area contributed by atoms with Gasteiger partial charge in [0.05, 0.1) is 18.4 Å². The minimum atomic E-state index is -0.434. The minimum Gasteiger partial charge on any atom is -0.353 e. The molecule has 0 fully saturated rings. The van der Waals surface area contributed by atoms with E-state index in [1.807, 2.05) is 6.92 Å². The molecule has 0 saturated carbocycles. The van der Waals surface area contributed by atoms with Crippen molar-refractivity contribution in [2.45, 2.75) is 13.5 Å². The van der Waals surface area contributed by atoms with Gasteiger partial charge in [-0.2, -0.15) is 5.10 Å². The summed E-state index contributed by atoms with van der Waals surface area (Å²) in [6, 6.07) is 7.76. The lowest BCUT2D eigenvalue weighted by Gasteiger charge is -2.01. The van der Waals surface area contributed by atoms with Crippen molar-refractivity contribution in [1.82, 2.24) is 25.1 Å². The molecule has 136 valence electrons. The zero-order valence-electron chi connectivity index (χ0n) is 14.1. The van der Waals surface area contributed by atoms with Crippen LogP contribution in [0.3, 0.4) is 0 Å². The monoisotopic (exact) mass is 384 g/mol. The fourth-order valence-electron chi connectivity index (χ4n) is 2.41. The largest absolute Gasteiger partial charge is 0.353 e. The third-order valence-corrected chi connectivity index (χ3v) is 4.46. The summed E-state index contributed by atoms with van der Waals surface area (Å²) in [6.45, 7) is 2.21. The number of hydrogen-bond donors (Lipinski definition) is 1. The molecule has 8 nitrogen and oxygen atoms in total. The van der Waals surface area contributed by atoms with Crippen molar-refractivity contribution >= 4 is 22.9 Å². The third kappa shape index (κ3) is 3.90. The Morgan fingerprint density at radius 2 is 2.22 bits per heavy atom. The second kappa shape index (κ2) is 7.08.